The zero-order valence-corrected chi connectivity index (χ0v) is 10.7. The third-order valence-electron chi connectivity index (χ3n) is 3.86. The second-order valence-electron chi connectivity index (χ2n) is 5.09. The van der Waals surface area contributed by atoms with E-state index in [9.17, 15) is 0 Å². The van der Waals surface area contributed by atoms with Crippen molar-refractivity contribution in [2.45, 2.75) is 31.5 Å². The van der Waals surface area contributed by atoms with Gasteiger partial charge < -0.3 is 14.8 Å². The van der Waals surface area contributed by atoms with Gasteiger partial charge in [0.1, 0.15) is 6.10 Å². The SMILES string of the molecule is c1ccc2c(c1)CCOC2COC1CCNCC1. The maximum absolute atomic E-state index is 6.01. The molecule has 0 spiro atoms. The van der Waals surface area contributed by atoms with E-state index in [0.29, 0.717) is 12.7 Å². The lowest BCUT2D eigenvalue weighted by Crippen LogP contribution is -2.33. The number of benzene rings is 1. The summed E-state index contributed by atoms with van der Waals surface area (Å²) in [7, 11) is 0. The molecule has 1 unspecified atom stereocenters. The highest BCUT2D eigenvalue weighted by Gasteiger charge is 2.22. The monoisotopic (exact) mass is 247 g/mol. The number of hydrogen-bond acceptors (Lipinski definition) is 3. The Hall–Kier alpha value is -0.900. The summed E-state index contributed by atoms with van der Waals surface area (Å²) in [6.07, 6.45) is 3.80. The van der Waals surface area contributed by atoms with Crippen LogP contribution in [0.2, 0.25) is 0 Å². The van der Waals surface area contributed by atoms with Crippen LogP contribution in [0.4, 0.5) is 0 Å². The van der Waals surface area contributed by atoms with Crippen molar-refractivity contribution in [1.82, 2.24) is 5.32 Å². The van der Waals surface area contributed by atoms with Gasteiger partial charge in [0.25, 0.3) is 0 Å². The second-order valence-corrected chi connectivity index (χ2v) is 5.09. The summed E-state index contributed by atoms with van der Waals surface area (Å²) in [5.41, 5.74) is 2.74. The molecule has 0 bridgehead atoms. The summed E-state index contributed by atoms with van der Waals surface area (Å²) in [5, 5.41) is 3.36. The van der Waals surface area contributed by atoms with Crippen molar-refractivity contribution in [3.63, 3.8) is 0 Å². The number of fused-ring (bicyclic) bond motifs is 1. The van der Waals surface area contributed by atoms with E-state index in [4.69, 9.17) is 9.47 Å². The summed E-state index contributed by atoms with van der Waals surface area (Å²) in [6.45, 7) is 3.67. The highest BCUT2D eigenvalue weighted by Crippen LogP contribution is 2.27. The molecular weight excluding hydrogens is 226 g/mol. The molecule has 0 amide bonds. The quantitative estimate of drug-likeness (QED) is 0.887. The first-order valence-corrected chi connectivity index (χ1v) is 6.95. The molecule has 0 radical (unpaired) electrons. The summed E-state index contributed by atoms with van der Waals surface area (Å²) in [6, 6.07) is 8.57. The first kappa shape index (κ1) is 12.2. The highest BCUT2D eigenvalue weighted by atomic mass is 16.5. The summed E-state index contributed by atoms with van der Waals surface area (Å²) < 4.78 is 11.9. The van der Waals surface area contributed by atoms with E-state index in [2.05, 4.69) is 29.6 Å². The van der Waals surface area contributed by atoms with Gasteiger partial charge in [-0.2, -0.15) is 0 Å². The van der Waals surface area contributed by atoms with Crippen LogP contribution in [0, 0.1) is 0 Å². The zero-order valence-electron chi connectivity index (χ0n) is 10.7. The third kappa shape index (κ3) is 2.74. The molecular formula is C15H21NO2. The minimum Gasteiger partial charge on any atom is -0.375 e. The molecule has 3 nitrogen and oxygen atoms in total. The van der Waals surface area contributed by atoms with E-state index in [1.165, 1.54) is 11.1 Å². The standard InChI is InChI=1S/C15H21NO2/c1-2-4-14-12(3-1)7-10-17-15(14)11-18-13-5-8-16-9-6-13/h1-4,13,15-16H,5-11H2. The van der Waals surface area contributed by atoms with E-state index < -0.39 is 0 Å². The van der Waals surface area contributed by atoms with Crippen molar-refractivity contribution in [2.24, 2.45) is 0 Å². The van der Waals surface area contributed by atoms with Gasteiger partial charge in [-0.1, -0.05) is 24.3 Å². The van der Waals surface area contributed by atoms with Gasteiger partial charge in [0.05, 0.1) is 19.3 Å². The molecule has 1 saturated heterocycles. The average Bonchev–Trinajstić information content (AvgIpc) is 2.46. The molecule has 0 aliphatic carbocycles. The van der Waals surface area contributed by atoms with Crippen molar-refractivity contribution in [3.05, 3.63) is 35.4 Å². The topological polar surface area (TPSA) is 30.5 Å². The van der Waals surface area contributed by atoms with Crippen molar-refractivity contribution in [1.29, 1.82) is 0 Å². The lowest BCUT2D eigenvalue weighted by Gasteiger charge is -2.29. The molecule has 2 aliphatic heterocycles. The molecule has 0 aromatic heterocycles. The smallest absolute Gasteiger partial charge is 0.106 e. The zero-order chi connectivity index (χ0) is 12.2. The van der Waals surface area contributed by atoms with Gasteiger partial charge in [0.2, 0.25) is 0 Å². The lowest BCUT2D eigenvalue weighted by atomic mass is 9.98. The fraction of sp³-hybridized carbons (Fsp3) is 0.600. The second kappa shape index (κ2) is 5.83. The van der Waals surface area contributed by atoms with E-state index in [-0.39, 0.29) is 6.10 Å². The van der Waals surface area contributed by atoms with E-state index in [1.807, 2.05) is 0 Å². The Morgan fingerprint density at radius 3 is 2.94 bits per heavy atom. The number of ether oxygens (including phenoxy) is 2. The molecule has 2 heterocycles. The average molecular weight is 247 g/mol. The van der Waals surface area contributed by atoms with Gasteiger partial charge in [-0.05, 0) is 43.5 Å². The molecule has 1 aromatic rings. The van der Waals surface area contributed by atoms with Gasteiger partial charge in [0, 0.05) is 0 Å². The maximum atomic E-state index is 6.01. The molecule has 1 fully saturated rings. The Kier molecular flexibility index (Phi) is 3.93. The first-order valence-electron chi connectivity index (χ1n) is 6.95. The Morgan fingerprint density at radius 2 is 2.06 bits per heavy atom. The van der Waals surface area contributed by atoms with E-state index in [1.54, 1.807) is 0 Å². The van der Waals surface area contributed by atoms with Gasteiger partial charge in [-0.15, -0.1) is 0 Å². The Balaban J connectivity index is 1.60. The Morgan fingerprint density at radius 1 is 1.22 bits per heavy atom. The first-order chi connectivity index (χ1) is 8.93. The lowest BCUT2D eigenvalue weighted by molar-refractivity contribution is -0.0579. The van der Waals surface area contributed by atoms with E-state index >= 15 is 0 Å². The highest BCUT2D eigenvalue weighted by molar-refractivity contribution is 5.30. The minimum absolute atomic E-state index is 0.129. The number of nitrogens with one attached hydrogen (secondary N) is 1. The van der Waals surface area contributed by atoms with Crippen LogP contribution in [-0.4, -0.2) is 32.4 Å². The van der Waals surface area contributed by atoms with Crippen LogP contribution >= 0.6 is 0 Å². The summed E-state index contributed by atoms with van der Waals surface area (Å²) in [5.74, 6) is 0. The minimum atomic E-state index is 0.129. The van der Waals surface area contributed by atoms with Crippen LogP contribution in [0.5, 0.6) is 0 Å². The van der Waals surface area contributed by atoms with Crippen molar-refractivity contribution in [3.8, 4) is 0 Å². The molecule has 98 valence electrons. The van der Waals surface area contributed by atoms with Gasteiger partial charge in [-0.25, -0.2) is 0 Å². The largest absolute Gasteiger partial charge is 0.375 e. The molecule has 18 heavy (non-hydrogen) atoms. The fourth-order valence-electron chi connectivity index (χ4n) is 2.80. The van der Waals surface area contributed by atoms with Crippen molar-refractivity contribution in [2.75, 3.05) is 26.3 Å². The van der Waals surface area contributed by atoms with Gasteiger partial charge >= 0.3 is 0 Å². The Labute approximate surface area is 108 Å². The van der Waals surface area contributed by atoms with Crippen LogP contribution < -0.4 is 5.32 Å². The molecule has 3 rings (SSSR count). The van der Waals surface area contributed by atoms with Crippen LogP contribution in [-0.2, 0) is 15.9 Å². The molecule has 0 saturated carbocycles. The normalized spacial score (nSPS) is 24.8. The molecule has 1 N–H and O–H groups in total. The molecule has 1 atom stereocenters. The number of hydrogen-bond donors (Lipinski definition) is 1. The van der Waals surface area contributed by atoms with Crippen LogP contribution in [0.1, 0.15) is 30.1 Å². The molecule has 3 heteroatoms. The van der Waals surface area contributed by atoms with E-state index in [0.717, 1.165) is 39.0 Å². The predicted molar refractivity (Wildman–Crippen MR) is 70.7 cm³/mol. The third-order valence-corrected chi connectivity index (χ3v) is 3.86. The van der Waals surface area contributed by atoms with Crippen LogP contribution in [0.3, 0.4) is 0 Å². The predicted octanol–water partition coefficient (Wildman–Crippen LogP) is 2.07. The maximum Gasteiger partial charge on any atom is 0.106 e. The molecule has 1 aromatic carbocycles. The van der Waals surface area contributed by atoms with Crippen LogP contribution in [0.15, 0.2) is 24.3 Å². The summed E-state index contributed by atoms with van der Waals surface area (Å²) >= 11 is 0. The van der Waals surface area contributed by atoms with Crippen LogP contribution in [0.25, 0.3) is 0 Å². The molecule has 2 aliphatic rings. The van der Waals surface area contributed by atoms with Gasteiger partial charge in [-0.3, -0.25) is 0 Å². The summed E-state index contributed by atoms with van der Waals surface area (Å²) in [4.78, 5) is 0. The van der Waals surface area contributed by atoms with Crippen molar-refractivity contribution >= 4 is 0 Å². The number of piperidine rings is 1. The fourth-order valence-corrected chi connectivity index (χ4v) is 2.80. The van der Waals surface area contributed by atoms with Gasteiger partial charge in [0.15, 0.2) is 0 Å². The van der Waals surface area contributed by atoms with Crippen molar-refractivity contribution < 1.29 is 9.47 Å². The Bertz CT molecular complexity index is 388. The number of rotatable bonds is 3.